The van der Waals surface area contributed by atoms with Crippen molar-refractivity contribution in [2.75, 3.05) is 10.2 Å². The summed E-state index contributed by atoms with van der Waals surface area (Å²) in [5.74, 6) is 0. The van der Waals surface area contributed by atoms with Crippen LogP contribution in [0.5, 0.6) is 0 Å². The molecule has 1 aliphatic rings. The number of hydrogen-bond donors (Lipinski definition) is 3. The summed E-state index contributed by atoms with van der Waals surface area (Å²) in [6, 6.07) is 7.11. The number of anilines is 2. The number of nitrogens with one attached hydrogen (secondary N) is 2. The zero-order chi connectivity index (χ0) is 7.90. The van der Waals surface area contributed by atoms with E-state index in [1.54, 1.807) is 24.3 Å². The number of hydrogen-bond acceptors (Lipinski definition) is 1. The van der Waals surface area contributed by atoms with E-state index in [0.29, 0.717) is 11.4 Å². The molecule has 0 saturated heterocycles. The predicted molar refractivity (Wildman–Crippen MR) is 43.5 cm³/mol. The molecule has 0 fully saturated rings. The molecule has 58 valence electrons. The van der Waals surface area contributed by atoms with Crippen LogP contribution in [0.15, 0.2) is 24.3 Å². The van der Waals surface area contributed by atoms with Crippen LogP contribution in [0.3, 0.4) is 0 Å². The Hall–Kier alpha value is -0.990. The number of fused-ring (bicyclic) bond motifs is 1. The highest BCUT2D eigenvalue weighted by Crippen LogP contribution is 2.50. The number of rotatable bonds is 0. The van der Waals surface area contributed by atoms with E-state index in [9.17, 15) is 4.57 Å². The first kappa shape index (κ1) is 6.70. The fourth-order valence-corrected chi connectivity index (χ4v) is 2.13. The molecule has 1 aliphatic heterocycles. The van der Waals surface area contributed by atoms with Gasteiger partial charge in [0.2, 0.25) is 0 Å². The van der Waals surface area contributed by atoms with Crippen LogP contribution >= 0.6 is 7.67 Å². The Morgan fingerprint density at radius 3 is 2.09 bits per heavy atom. The lowest BCUT2D eigenvalue weighted by Gasteiger charge is -2.01. The topological polar surface area (TPSA) is 61.4 Å². The second-order valence-corrected chi connectivity index (χ2v) is 3.94. The van der Waals surface area contributed by atoms with Crippen molar-refractivity contribution in [2.24, 2.45) is 0 Å². The molecule has 11 heavy (non-hydrogen) atoms. The molecular weight excluding hydrogens is 163 g/mol. The van der Waals surface area contributed by atoms with Crippen molar-refractivity contribution in [2.45, 2.75) is 0 Å². The smallest absolute Gasteiger partial charge is 0.313 e. The van der Waals surface area contributed by atoms with Gasteiger partial charge in [0.1, 0.15) is 0 Å². The van der Waals surface area contributed by atoms with E-state index in [4.69, 9.17) is 4.89 Å². The van der Waals surface area contributed by atoms with Gasteiger partial charge in [-0.05, 0) is 12.1 Å². The summed E-state index contributed by atoms with van der Waals surface area (Å²) in [7, 11) is -3.33. The van der Waals surface area contributed by atoms with E-state index in [0.717, 1.165) is 0 Å². The summed E-state index contributed by atoms with van der Waals surface area (Å²) in [6.45, 7) is 0. The van der Waals surface area contributed by atoms with Gasteiger partial charge in [0.05, 0.1) is 11.4 Å². The van der Waals surface area contributed by atoms with E-state index >= 15 is 0 Å². The summed E-state index contributed by atoms with van der Waals surface area (Å²) in [6.07, 6.45) is 0. The maximum atomic E-state index is 11.0. The van der Waals surface area contributed by atoms with Crippen molar-refractivity contribution in [3.8, 4) is 0 Å². The molecule has 1 heterocycles. The van der Waals surface area contributed by atoms with Crippen LogP contribution in [-0.4, -0.2) is 4.89 Å². The molecule has 2 rings (SSSR count). The predicted octanol–water partition coefficient (Wildman–Crippen LogP) is 1.62. The summed E-state index contributed by atoms with van der Waals surface area (Å²) in [5.41, 5.74) is 1.36. The quantitative estimate of drug-likeness (QED) is 0.518. The van der Waals surface area contributed by atoms with E-state index in [1.165, 1.54) is 0 Å². The summed E-state index contributed by atoms with van der Waals surface area (Å²) >= 11 is 0. The minimum absolute atomic E-state index is 0.679. The first-order valence-electron chi connectivity index (χ1n) is 3.16. The molecule has 0 aromatic heterocycles. The Bertz CT molecular complexity index is 310. The largest absolute Gasteiger partial charge is 0.389 e. The summed E-state index contributed by atoms with van der Waals surface area (Å²) < 4.78 is 11.0. The lowest BCUT2D eigenvalue weighted by molar-refractivity contribution is 0.492. The van der Waals surface area contributed by atoms with Crippen LogP contribution in [0.25, 0.3) is 0 Å². The third-order valence-electron chi connectivity index (χ3n) is 1.47. The van der Waals surface area contributed by atoms with Crippen molar-refractivity contribution in [1.82, 2.24) is 0 Å². The van der Waals surface area contributed by atoms with Crippen LogP contribution in [-0.2, 0) is 4.57 Å². The Kier molecular flexibility index (Phi) is 1.22. The second kappa shape index (κ2) is 2.00. The molecule has 3 N–H and O–H groups in total. The van der Waals surface area contributed by atoms with Crippen LogP contribution < -0.4 is 10.2 Å². The number of benzene rings is 1. The molecule has 4 nitrogen and oxygen atoms in total. The van der Waals surface area contributed by atoms with E-state index in [1.807, 2.05) is 0 Å². The minimum atomic E-state index is -3.33. The first-order chi connectivity index (χ1) is 5.17. The second-order valence-electron chi connectivity index (χ2n) is 2.35. The molecule has 1 aromatic rings. The van der Waals surface area contributed by atoms with Gasteiger partial charge in [-0.15, -0.1) is 0 Å². The Balaban J connectivity index is 2.49. The molecule has 0 spiro atoms. The molecule has 0 saturated carbocycles. The Morgan fingerprint density at radius 1 is 1.18 bits per heavy atom. The average molecular weight is 170 g/mol. The molecule has 0 aliphatic carbocycles. The van der Waals surface area contributed by atoms with Crippen LogP contribution in [0.4, 0.5) is 11.4 Å². The minimum Gasteiger partial charge on any atom is -0.313 e. The van der Waals surface area contributed by atoms with Crippen LogP contribution in [0, 0.1) is 0 Å². The zero-order valence-electron chi connectivity index (χ0n) is 5.61. The fourth-order valence-electron chi connectivity index (χ4n) is 1.03. The van der Waals surface area contributed by atoms with Crippen LogP contribution in [0.2, 0.25) is 0 Å². The van der Waals surface area contributed by atoms with E-state index < -0.39 is 7.67 Å². The highest BCUT2D eigenvalue weighted by Gasteiger charge is 2.26. The maximum Gasteiger partial charge on any atom is 0.389 e. The van der Waals surface area contributed by atoms with Crippen molar-refractivity contribution in [3.05, 3.63) is 24.3 Å². The van der Waals surface area contributed by atoms with Gasteiger partial charge in [-0.1, -0.05) is 12.1 Å². The third kappa shape index (κ3) is 1.11. The first-order valence-corrected chi connectivity index (χ1v) is 4.82. The molecule has 5 heteroatoms. The lowest BCUT2D eigenvalue weighted by atomic mass is 10.3. The van der Waals surface area contributed by atoms with Gasteiger partial charge in [-0.3, -0.25) is 10.2 Å². The van der Waals surface area contributed by atoms with Crippen molar-refractivity contribution < 1.29 is 9.46 Å². The highest BCUT2D eigenvalue weighted by molar-refractivity contribution is 7.61. The highest BCUT2D eigenvalue weighted by atomic mass is 31.2. The molecular formula is C6H7N2O2P. The van der Waals surface area contributed by atoms with Crippen molar-refractivity contribution in [1.29, 1.82) is 0 Å². The summed E-state index contributed by atoms with van der Waals surface area (Å²) in [5, 5.41) is 4.95. The fraction of sp³-hybridized carbons (Fsp3) is 0. The van der Waals surface area contributed by atoms with Gasteiger partial charge in [-0.25, -0.2) is 4.57 Å². The third-order valence-corrected chi connectivity index (χ3v) is 2.56. The van der Waals surface area contributed by atoms with Crippen molar-refractivity contribution in [3.63, 3.8) is 0 Å². The molecule has 0 amide bonds. The van der Waals surface area contributed by atoms with E-state index in [-0.39, 0.29) is 0 Å². The molecule has 1 aromatic carbocycles. The number of para-hydroxylation sites is 2. The lowest BCUT2D eigenvalue weighted by Crippen LogP contribution is -1.92. The van der Waals surface area contributed by atoms with E-state index in [2.05, 4.69) is 10.2 Å². The van der Waals surface area contributed by atoms with Gasteiger partial charge in [-0.2, -0.15) is 0 Å². The van der Waals surface area contributed by atoms with Gasteiger partial charge < -0.3 is 4.89 Å². The van der Waals surface area contributed by atoms with Gasteiger partial charge in [0, 0.05) is 0 Å². The van der Waals surface area contributed by atoms with Gasteiger partial charge >= 0.3 is 7.67 Å². The normalized spacial score (nSPS) is 18.3. The molecule has 0 atom stereocenters. The van der Waals surface area contributed by atoms with Crippen molar-refractivity contribution >= 4 is 19.0 Å². The monoisotopic (exact) mass is 170 g/mol. The Labute approximate surface area is 63.8 Å². The van der Waals surface area contributed by atoms with Gasteiger partial charge in [0.15, 0.2) is 0 Å². The standard InChI is InChI=1S/C6H7N2O2P/c9-11(10)7-5-3-1-2-4-6(5)8-11/h1-4H,(H3,7,8,9,10). The SMILES string of the molecule is O=P1(O)Nc2ccccc2N1. The maximum absolute atomic E-state index is 11.0. The molecule has 0 unspecified atom stereocenters. The average Bonchev–Trinajstić information content (AvgIpc) is 2.21. The molecule has 0 radical (unpaired) electrons. The molecule has 0 bridgehead atoms. The van der Waals surface area contributed by atoms with Crippen LogP contribution in [0.1, 0.15) is 0 Å². The summed E-state index contributed by atoms with van der Waals surface area (Å²) in [4.78, 5) is 9.05. The zero-order valence-corrected chi connectivity index (χ0v) is 6.51. The van der Waals surface area contributed by atoms with Gasteiger partial charge in [0.25, 0.3) is 0 Å². The Morgan fingerprint density at radius 2 is 1.64 bits per heavy atom.